The Morgan fingerprint density at radius 1 is 1.18 bits per heavy atom. The highest BCUT2D eigenvalue weighted by atomic mass is 35.5. The van der Waals surface area contributed by atoms with Gasteiger partial charge in [-0.05, 0) is 61.3 Å². The number of rotatable bonds is 6. The van der Waals surface area contributed by atoms with Gasteiger partial charge in [0.15, 0.2) is 5.11 Å². The highest BCUT2D eigenvalue weighted by Gasteiger charge is 2.45. The van der Waals surface area contributed by atoms with Crippen molar-refractivity contribution in [1.82, 2.24) is 10.6 Å². The number of nitrogens with one attached hydrogen (secondary N) is 2. The van der Waals surface area contributed by atoms with Gasteiger partial charge in [0.05, 0.1) is 25.8 Å². The summed E-state index contributed by atoms with van der Waals surface area (Å²) in [6, 6.07) is 12.5. The zero-order valence-corrected chi connectivity index (χ0v) is 20.0. The Hall–Kier alpha value is -2.84. The van der Waals surface area contributed by atoms with Crippen molar-refractivity contribution in [2.75, 3.05) is 19.1 Å². The number of carbonyl (C=O) groups is 2. The van der Waals surface area contributed by atoms with Crippen molar-refractivity contribution in [3.63, 3.8) is 0 Å². The van der Waals surface area contributed by atoms with Crippen LogP contribution in [-0.2, 0) is 16.1 Å². The molecule has 4 rings (SSSR count). The zero-order chi connectivity index (χ0) is 23.5. The van der Waals surface area contributed by atoms with Gasteiger partial charge < -0.3 is 20.1 Å². The fourth-order valence-electron chi connectivity index (χ4n) is 4.49. The first-order valence-corrected chi connectivity index (χ1v) is 11.6. The van der Waals surface area contributed by atoms with Gasteiger partial charge >= 0.3 is 0 Å². The smallest absolute Gasteiger partial charge is 0.238 e. The molecule has 3 unspecified atom stereocenters. The Morgan fingerprint density at radius 3 is 2.64 bits per heavy atom. The van der Waals surface area contributed by atoms with Gasteiger partial charge in [0, 0.05) is 29.6 Å². The number of carbonyl (C=O) groups excluding carboxylic acids is 2. The van der Waals surface area contributed by atoms with Gasteiger partial charge in [0.25, 0.3) is 0 Å². The quantitative estimate of drug-likeness (QED) is 0.605. The number of fused-ring (bicyclic) bond motifs is 1. The van der Waals surface area contributed by atoms with E-state index < -0.39 is 0 Å². The van der Waals surface area contributed by atoms with Gasteiger partial charge in [-0.15, -0.1) is 0 Å². The molecule has 0 radical (unpaired) electrons. The lowest BCUT2D eigenvalue weighted by Crippen LogP contribution is -2.62. The third-order valence-corrected chi connectivity index (χ3v) is 6.83. The summed E-state index contributed by atoms with van der Waals surface area (Å²) in [5.41, 5.74) is 1.53. The minimum Gasteiger partial charge on any atom is -0.497 e. The average molecular weight is 488 g/mol. The highest BCUT2D eigenvalue weighted by Crippen LogP contribution is 2.39. The number of anilines is 1. The van der Waals surface area contributed by atoms with Crippen LogP contribution < -0.4 is 25.0 Å². The van der Waals surface area contributed by atoms with Gasteiger partial charge in [-0.2, -0.15) is 0 Å². The van der Waals surface area contributed by atoms with Crippen LogP contribution in [0.3, 0.4) is 0 Å². The molecule has 7 nitrogen and oxygen atoms in total. The Balaban J connectivity index is 1.43. The molecule has 2 fully saturated rings. The van der Waals surface area contributed by atoms with Crippen LogP contribution in [0.2, 0.25) is 5.02 Å². The van der Waals surface area contributed by atoms with Crippen molar-refractivity contribution in [3.05, 3.63) is 53.1 Å². The summed E-state index contributed by atoms with van der Waals surface area (Å²) in [6.45, 7) is 0.439. The van der Waals surface area contributed by atoms with E-state index in [-0.39, 0.29) is 29.7 Å². The lowest BCUT2D eigenvalue weighted by Gasteiger charge is -2.43. The number of benzene rings is 2. The van der Waals surface area contributed by atoms with Crippen molar-refractivity contribution in [2.24, 2.45) is 11.8 Å². The van der Waals surface area contributed by atoms with E-state index >= 15 is 0 Å². The van der Waals surface area contributed by atoms with Crippen LogP contribution in [0.15, 0.2) is 42.5 Å². The van der Waals surface area contributed by atoms with Crippen LogP contribution in [0.5, 0.6) is 11.5 Å². The second-order valence-electron chi connectivity index (χ2n) is 8.23. The van der Waals surface area contributed by atoms with E-state index in [1.807, 2.05) is 12.1 Å². The molecule has 1 saturated heterocycles. The van der Waals surface area contributed by atoms with E-state index in [1.54, 1.807) is 44.6 Å². The summed E-state index contributed by atoms with van der Waals surface area (Å²) in [4.78, 5) is 27.7. The molecule has 0 spiro atoms. The fraction of sp³-hybridized carbons (Fsp3) is 0.375. The van der Waals surface area contributed by atoms with Gasteiger partial charge in [-0.1, -0.05) is 23.7 Å². The van der Waals surface area contributed by atoms with E-state index in [2.05, 4.69) is 10.6 Å². The van der Waals surface area contributed by atoms with E-state index in [0.29, 0.717) is 53.1 Å². The van der Waals surface area contributed by atoms with Gasteiger partial charge in [0.2, 0.25) is 11.8 Å². The first-order chi connectivity index (χ1) is 15.9. The van der Waals surface area contributed by atoms with Crippen LogP contribution in [0.25, 0.3) is 0 Å². The highest BCUT2D eigenvalue weighted by molar-refractivity contribution is 7.80. The second kappa shape index (κ2) is 9.97. The van der Waals surface area contributed by atoms with Gasteiger partial charge in [0.1, 0.15) is 11.5 Å². The Bertz CT molecular complexity index is 1060. The van der Waals surface area contributed by atoms with Crippen molar-refractivity contribution >= 4 is 46.4 Å². The van der Waals surface area contributed by atoms with Gasteiger partial charge in [-0.3, -0.25) is 14.5 Å². The summed E-state index contributed by atoms with van der Waals surface area (Å²) < 4.78 is 10.8. The van der Waals surface area contributed by atoms with E-state index in [0.717, 1.165) is 5.56 Å². The number of amides is 2. The summed E-state index contributed by atoms with van der Waals surface area (Å²) in [5, 5.41) is 7.26. The van der Waals surface area contributed by atoms with Crippen LogP contribution in [0.4, 0.5) is 5.69 Å². The molecule has 2 aliphatic rings. The van der Waals surface area contributed by atoms with Crippen LogP contribution >= 0.6 is 23.8 Å². The number of methoxy groups -OCH3 is 2. The molecule has 3 atom stereocenters. The first kappa shape index (κ1) is 23.3. The van der Waals surface area contributed by atoms with Gasteiger partial charge in [-0.25, -0.2) is 0 Å². The molecule has 1 saturated carbocycles. The number of hydrogen-bond acceptors (Lipinski definition) is 5. The molecular weight excluding hydrogens is 462 g/mol. The molecule has 9 heteroatoms. The predicted octanol–water partition coefficient (Wildman–Crippen LogP) is 3.68. The average Bonchev–Trinajstić information content (AvgIpc) is 2.83. The van der Waals surface area contributed by atoms with Crippen molar-refractivity contribution in [3.8, 4) is 11.5 Å². The topological polar surface area (TPSA) is 79.9 Å². The lowest BCUT2D eigenvalue weighted by atomic mass is 9.76. The first-order valence-electron chi connectivity index (χ1n) is 10.8. The van der Waals surface area contributed by atoms with E-state index in [9.17, 15) is 9.59 Å². The predicted molar refractivity (Wildman–Crippen MR) is 131 cm³/mol. The monoisotopic (exact) mass is 487 g/mol. The fourth-order valence-corrected chi connectivity index (χ4v) is 4.95. The molecule has 1 aliphatic heterocycles. The van der Waals surface area contributed by atoms with Crippen LogP contribution in [0, 0.1) is 11.8 Å². The molecule has 1 aliphatic carbocycles. The molecule has 2 amide bonds. The van der Waals surface area contributed by atoms with Crippen LogP contribution in [0.1, 0.15) is 24.8 Å². The zero-order valence-electron chi connectivity index (χ0n) is 18.5. The molecule has 174 valence electrons. The number of halogens is 1. The van der Waals surface area contributed by atoms with Crippen LogP contribution in [-0.4, -0.2) is 37.2 Å². The maximum Gasteiger partial charge on any atom is 0.238 e. The minimum atomic E-state index is -0.270. The van der Waals surface area contributed by atoms with Crippen molar-refractivity contribution < 1.29 is 19.1 Å². The molecule has 2 N–H and O–H groups in total. The Morgan fingerprint density at radius 2 is 1.94 bits per heavy atom. The van der Waals surface area contributed by atoms with E-state index in [1.165, 1.54) is 4.90 Å². The third kappa shape index (κ3) is 4.91. The van der Waals surface area contributed by atoms with E-state index in [4.69, 9.17) is 33.3 Å². The summed E-state index contributed by atoms with van der Waals surface area (Å²) >= 11 is 11.5. The molecule has 1 heterocycles. The van der Waals surface area contributed by atoms with Crippen molar-refractivity contribution in [1.29, 1.82) is 0 Å². The Labute approximate surface area is 203 Å². The maximum atomic E-state index is 13.4. The third-order valence-electron chi connectivity index (χ3n) is 6.28. The largest absolute Gasteiger partial charge is 0.497 e. The number of ether oxygens (including phenoxy) is 2. The Kier molecular flexibility index (Phi) is 7.05. The molecule has 0 aromatic heterocycles. The standard InChI is InChI=1S/C24H26ClN3O4S/c1-31-17-8-10-21(32-2)20(12-17)28-23(30)18-9-5-15(11-19(18)27-24(28)33)22(29)26-13-14-3-6-16(25)7-4-14/h3-4,6-8,10,12,15,18-19H,5,9,11,13H2,1-2H3,(H,26,29)(H,27,33). The van der Waals surface area contributed by atoms with Crippen molar-refractivity contribution in [2.45, 2.75) is 31.8 Å². The normalized spacial score (nSPS) is 22.3. The summed E-state index contributed by atoms with van der Waals surface area (Å²) in [5.74, 6) is 0.579. The number of thiocarbonyl (C=S) groups is 1. The second-order valence-corrected chi connectivity index (χ2v) is 9.05. The minimum absolute atomic E-state index is 0.0135. The molecule has 2 aromatic carbocycles. The molecule has 2 aromatic rings. The summed E-state index contributed by atoms with van der Waals surface area (Å²) in [7, 11) is 3.11. The molecule has 0 bridgehead atoms. The molecule has 33 heavy (non-hydrogen) atoms. The number of hydrogen-bond donors (Lipinski definition) is 2. The summed E-state index contributed by atoms with van der Waals surface area (Å²) in [6.07, 6.45) is 1.78. The lowest BCUT2D eigenvalue weighted by molar-refractivity contribution is -0.130. The maximum absolute atomic E-state index is 13.4. The SMILES string of the molecule is COc1ccc(OC)c(N2C(=O)C3CCC(C(=O)NCc4ccc(Cl)cc4)CC3NC2=S)c1. The molecular formula is C24H26ClN3O4S. The number of nitrogens with zero attached hydrogens (tertiary/aromatic N) is 1.